The molecule has 1 aliphatic rings. The number of carboxylic acid groups (broad SMARTS) is 1. The Morgan fingerprint density at radius 2 is 2.33 bits per heavy atom. The van der Waals surface area contributed by atoms with Gasteiger partial charge in [0.1, 0.15) is 5.82 Å². The molecule has 0 radical (unpaired) electrons. The molecular weight excluding hydrogens is 195 g/mol. The Morgan fingerprint density at radius 1 is 1.53 bits per heavy atom. The number of halogens is 1. The van der Waals surface area contributed by atoms with Crippen molar-refractivity contribution in [1.82, 2.24) is 0 Å². The molecule has 1 aliphatic carbocycles. The zero-order valence-corrected chi connectivity index (χ0v) is 8.37. The Morgan fingerprint density at radius 3 is 3.07 bits per heavy atom. The number of aliphatic carboxylic acids is 1. The largest absolute Gasteiger partial charge is 0.481 e. The average Bonchev–Trinajstić information content (AvgIpc) is 2.18. The van der Waals surface area contributed by atoms with E-state index in [-0.39, 0.29) is 18.2 Å². The Labute approximate surface area is 87.7 Å². The average molecular weight is 208 g/mol. The summed E-state index contributed by atoms with van der Waals surface area (Å²) in [7, 11) is 0. The normalized spacial score (nSPS) is 19.7. The molecule has 0 heterocycles. The van der Waals surface area contributed by atoms with Gasteiger partial charge in [0.05, 0.1) is 6.42 Å². The summed E-state index contributed by atoms with van der Waals surface area (Å²) in [6.45, 7) is 0. The quantitative estimate of drug-likeness (QED) is 0.811. The van der Waals surface area contributed by atoms with Crippen LogP contribution in [0.2, 0.25) is 0 Å². The summed E-state index contributed by atoms with van der Waals surface area (Å²) in [6.07, 6.45) is 2.89. The Balaban J connectivity index is 2.32. The smallest absolute Gasteiger partial charge is 0.303 e. The van der Waals surface area contributed by atoms with E-state index in [2.05, 4.69) is 0 Å². The van der Waals surface area contributed by atoms with E-state index in [1.54, 1.807) is 6.07 Å². The molecule has 1 atom stereocenters. The first-order valence-electron chi connectivity index (χ1n) is 5.17. The van der Waals surface area contributed by atoms with E-state index < -0.39 is 5.97 Å². The standard InChI is InChI=1S/C12H13FO2/c13-10-5-4-8-2-1-3-9(6-12(14)15)11(8)7-10/h4-5,7,9H,1-3,6H2,(H,14,15). The van der Waals surface area contributed by atoms with Gasteiger partial charge in [0.15, 0.2) is 0 Å². The van der Waals surface area contributed by atoms with Crippen molar-refractivity contribution in [3.63, 3.8) is 0 Å². The third-order valence-electron chi connectivity index (χ3n) is 2.97. The van der Waals surface area contributed by atoms with E-state index in [0.29, 0.717) is 0 Å². The molecule has 1 N–H and O–H groups in total. The Kier molecular flexibility index (Phi) is 2.71. The summed E-state index contributed by atoms with van der Waals surface area (Å²) in [5.41, 5.74) is 2.00. The molecule has 2 rings (SSSR count). The summed E-state index contributed by atoms with van der Waals surface area (Å²) in [5, 5.41) is 8.77. The SMILES string of the molecule is O=C(O)CC1CCCc2ccc(F)cc21. The van der Waals surface area contributed by atoms with Crippen LogP contribution in [0.15, 0.2) is 18.2 Å². The lowest BCUT2D eigenvalue weighted by molar-refractivity contribution is -0.137. The summed E-state index contributed by atoms with van der Waals surface area (Å²) in [4.78, 5) is 10.7. The fourth-order valence-corrected chi connectivity index (χ4v) is 2.29. The van der Waals surface area contributed by atoms with E-state index >= 15 is 0 Å². The van der Waals surface area contributed by atoms with Gasteiger partial charge in [-0.3, -0.25) is 4.79 Å². The second-order valence-electron chi connectivity index (χ2n) is 4.03. The van der Waals surface area contributed by atoms with E-state index in [9.17, 15) is 9.18 Å². The maximum Gasteiger partial charge on any atom is 0.303 e. The van der Waals surface area contributed by atoms with Gasteiger partial charge in [-0.05, 0) is 48.4 Å². The molecule has 0 saturated heterocycles. The fourth-order valence-electron chi connectivity index (χ4n) is 2.29. The first-order valence-corrected chi connectivity index (χ1v) is 5.17. The molecule has 3 heteroatoms. The number of aryl methyl sites for hydroxylation is 1. The number of fused-ring (bicyclic) bond motifs is 1. The van der Waals surface area contributed by atoms with Crippen LogP contribution in [0.25, 0.3) is 0 Å². The van der Waals surface area contributed by atoms with Crippen LogP contribution in [0.5, 0.6) is 0 Å². The lowest BCUT2D eigenvalue weighted by atomic mass is 9.81. The third-order valence-corrected chi connectivity index (χ3v) is 2.97. The maximum absolute atomic E-state index is 13.1. The van der Waals surface area contributed by atoms with Crippen molar-refractivity contribution in [2.45, 2.75) is 31.6 Å². The first kappa shape index (κ1) is 10.1. The molecular formula is C12H13FO2. The minimum atomic E-state index is -0.808. The summed E-state index contributed by atoms with van der Waals surface area (Å²) in [5.74, 6) is -1.09. The second kappa shape index (κ2) is 4.01. The van der Waals surface area contributed by atoms with E-state index in [1.165, 1.54) is 12.1 Å². The molecule has 15 heavy (non-hydrogen) atoms. The van der Waals surface area contributed by atoms with Gasteiger partial charge in [-0.15, -0.1) is 0 Å². The van der Waals surface area contributed by atoms with Crippen molar-refractivity contribution in [3.05, 3.63) is 35.1 Å². The van der Waals surface area contributed by atoms with Gasteiger partial charge in [0, 0.05) is 0 Å². The highest BCUT2D eigenvalue weighted by Crippen LogP contribution is 2.34. The van der Waals surface area contributed by atoms with Gasteiger partial charge in [-0.2, -0.15) is 0 Å². The molecule has 2 nitrogen and oxygen atoms in total. The number of rotatable bonds is 2. The van der Waals surface area contributed by atoms with Gasteiger partial charge >= 0.3 is 5.97 Å². The van der Waals surface area contributed by atoms with Crippen LogP contribution in [-0.2, 0) is 11.2 Å². The summed E-state index contributed by atoms with van der Waals surface area (Å²) < 4.78 is 13.1. The van der Waals surface area contributed by atoms with Crippen LogP contribution in [-0.4, -0.2) is 11.1 Å². The number of hydrogen-bond donors (Lipinski definition) is 1. The molecule has 0 amide bonds. The first-order chi connectivity index (χ1) is 7.16. The topological polar surface area (TPSA) is 37.3 Å². The highest BCUT2D eigenvalue weighted by molar-refractivity contribution is 5.68. The third kappa shape index (κ3) is 2.17. The molecule has 80 valence electrons. The molecule has 0 bridgehead atoms. The van der Waals surface area contributed by atoms with Crippen molar-refractivity contribution < 1.29 is 14.3 Å². The molecule has 0 fully saturated rings. The number of hydrogen-bond acceptors (Lipinski definition) is 1. The lowest BCUT2D eigenvalue weighted by Gasteiger charge is -2.24. The summed E-state index contributed by atoms with van der Waals surface area (Å²) in [6, 6.07) is 4.71. The van der Waals surface area contributed by atoms with Gasteiger partial charge in [0.2, 0.25) is 0 Å². The minimum Gasteiger partial charge on any atom is -0.481 e. The molecule has 0 saturated carbocycles. The van der Waals surface area contributed by atoms with Gasteiger partial charge < -0.3 is 5.11 Å². The van der Waals surface area contributed by atoms with Crippen LogP contribution in [0, 0.1) is 5.82 Å². The van der Waals surface area contributed by atoms with Crippen molar-refractivity contribution >= 4 is 5.97 Å². The second-order valence-corrected chi connectivity index (χ2v) is 4.03. The summed E-state index contributed by atoms with van der Waals surface area (Å²) >= 11 is 0. The van der Waals surface area contributed by atoms with E-state index in [4.69, 9.17) is 5.11 Å². The van der Waals surface area contributed by atoms with Crippen molar-refractivity contribution in [3.8, 4) is 0 Å². The number of carboxylic acids is 1. The van der Waals surface area contributed by atoms with Crippen LogP contribution in [0.1, 0.15) is 36.3 Å². The molecule has 0 aromatic heterocycles. The maximum atomic E-state index is 13.1. The van der Waals surface area contributed by atoms with E-state index in [0.717, 1.165) is 30.4 Å². The van der Waals surface area contributed by atoms with Crippen LogP contribution >= 0.6 is 0 Å². The number of carbonyl (C=O) groups is 1. The predicted molar refractivity (Wildman–Crippen MR) is 54.3 cm³/mol. The number of benzene rings is 1. The molecule has 1 aromatic rings. The molecule has 1 aromatic carbocycles. The van der Waals surface area contributed by atoms with Crippen LogP contribution in [0.4, 0.5) is 4.39 Å². The Bertz CT molecular complexity index is 387. The van der Waals surface area contributed by atoms with E-state index in [1.807, 2.05) is 0 Å². The zero-order chi connectivity index (χ0) is 10.8. The highest BCUT2D eigenvalue weighted by Gasteiger charge is 2.22. The van der Waals surface area contributed by atoms with Crippen molar-refractivity contribution in [2.24, 2.45) is 0 Å². The monoisotopic (exact) mass is 208 g/mol. The molecule has 1 unspecified atom stereocenters. The van der Waals surface area contributed by atoms with Crippen molar-refractivity contribution in [2.75, 3.05) is 0 Å². The lowest BCUT2D eigenvalue weighted by Crippen LogP contribution is -2.13. The van der Waals surface area contributed by atoms with Crippen molar-refractivity contribution in [1.29, 1.82) is 0 Å². The minimum absolute atomic E-state index is 0.0121. The Hall–Kier alpha value is -1.38. The zero-order valence-electron chi connectivity index (χ0n) is 8.37. The van der Waals surface area contributed by atoms with Gasteiger partial charge in [-0.1, -0.05) is 6.07 Å². The highest BCUT2D eigenvalue weighted by atomic mass is 19.1. The van der Waals surface area contributed by atoms with Crippen LogP contribution in [0.3, 0.4) is 0 Å². The predicted octanol–water partition coefficient (Wildman–Crippen LogP) is 2.72. The van der Waals surface area contributed by atoms with Crippen LogP contribution < -0.4 is 0 Å². The molecule has 0 spiro atoms. The fraction of sp³-hybridized carbons (Fsp3) is 0.417. The molecule has 0 aliphatic heterocycles. The van der Waals surface area contributed by atoms with Gasteiger partial charge in [-0.25, -0.2) is 4.39 Å². The van der Waals surface area contributed by atoms with Gasteiger partial charge in [0.25, 0.3) is 0 Å².